The van der Waals surface area contributed by atoms with Crippen LogP contribution in [0.15, 0.2) is 39.7 Å². The van der Waals surface area contributed by atoms with Crippen LogP contribution in [0.1, 0.15) is 11.4 Å². The van der Waals surface area contributed by atoms with E-state index in [2.05, 4.69) is 20.9 Å². The number of nitrogens with zero attached hydrogens (tertiary/aromatic N) is 2. The van der Waals surface area contributed by atoms with E-state index in [1.54, 1.807) is 23.9 Å². The van der Waals surface area contributed by atoms with Crippen LogP contribution in [0.5, 0.6) is 5.75 Å². The molecule has 5 heteroatoms. The molecule has 0 bridgehead atoms. The molecular formula is C13H13BrN2O2. The smallest absolute Gasteiger partial charge is 0.265 e. The largest absolute Gasteiger partial charge is 0.497 e. The van der Waals surface area contributed by atoms with Crippen LogP contribution in [-0.2, 0) is 6.54 Å². The predicted molar refractivity (Wildman–Crippen MR) is 73.0 cm³/mol. The van der Waals surface area contributed by atoms with Crippen molar-refractivity contribution in [3.63, 3.8) is 0 Å². The molecule has 0 N–H and O–H groups in total. The number of hydrogen-bond acceptors (Lipinski definition) is 3. The molecule has 0 aromatic carbocycles. The van der Waals surface area contributed by atoms with Crippen molar-refractivity contribution in [1.29, 1.82) is 0 Å². The molecule has 0 saturated heterocycles. The van der Waals surface area contributed by atoms with Crippen LogP contribution in [0, 0.1) is 6.92 Å². The Labute approximate surface area is 113 Å². The van der Waals surface area contributed by atoms with Crippen molar-refractivity contribution in [2.45, 2.75) is 13.5 Å². The molecule has 94 valence electrons. The van der Waals surface area contributed by atoms with Crippen molar-refractivity contribution < 1.29 is 4.74 Å². The predicted octanol–water partition coefficient (Wildman–Crippen LogP) is 2.37. The average molecular weight is 309 g/mol. The summed E-state index contributed by atoms with van der Waals surface area (Å²) < 4.78 is 7.34. The molecule has 0 fully saturated rings. The van der Waals surface area contributed by atoms with Gasteiger partial charge in [0.1, 0.15) is 5.75 Å². The second kappa shape index (κ2) is 5.35. The highest BCUT2D eigenvalue weighted by atomic mass is 79.9. The first-order chi connectivity index (χ1) is 8.60. The van der Waals surface area contributed by atoms with Crippen molar-refractivity contribution in [2.24, 2.45) is 0 Å². The first kappa shape index (κ1) is 12.8. The van der Waals surface area contributed by atoms with Gasteiger partial charge in [-0.15, -0.1) is 0 Å². The normalized spacial score (nSPS) is 10.4. The Balaban J connectivity index is 2.37. The van der Waals surface area contributed by atoms with Gasteiger partial charge < -0.3 is 9.30 Å². The van der Waals surface area contributed by atoms with Gasteiger partial charge in [-0.1, -0.05) is 0 Å². The fourth-order valence-electron chi connectivity index (χ4n) is 1.71. The van der Waals surface area contributed by atoms with Crippen LogP contribution < -0.4 is 10.3 Å². The maximum absolute atomic E-state index is 11.9. The van der Waals surface area contributed by atoms with E-state index >= 15 is 0 Å². The van der Waals surface area contributed by atoms with Crippen LogP contribution in [0.4, 0.5) is 0 Å². The molecule has 0 aliphatic heterocycles. The molecule has 0 saturated carbocycles. The third-order valence-electron chi connectivity index (χ3n) is 2.52. The second-order valence-corrected chi connectivity index (χ2v) is 4.78. The third-order valence-corrected chi connectivity index (χ3v) is 3.13. The molecule has 2 rings (SSSR count). The fraction of sp³-hybridized carbons (Fsp3) is 0.231. The minimum absolute atomic E-state index is 0.0697. The molecule has 0 aliphatic rings. The molecule has 4 nitrogen and oxygen atoms in total. The lowest BCUT2D eigenvalue weighted by molar-refractivity contribution is 0.412. The molecule has 2 aromatic heterocycles. The number of halogens is 1. The summed E-state index contributed by atoms with van der Waals surface area (Å²) in [6, 6.07) is 7.23. The SMILES string of the molecule is COc1cc(C)nc(Cn2cccc(Br)c2=O)c1. The van der Waals surface area contributed by atoms with Crippen LogP contribution in [0.3, 0.4) is 0 Å². The van der Waals surface area contributed by atoms with E-state index in [1.807, 2.05) is 25.1 Å². The highest BCUT2D eigenvalue weighted by Crippen LogP contribution is 2.14. The van der Waals surface area contributed by atoms with E-state index < -0.39 is 0 Å². The summed E-state index contributed by atoms with van der Waals surface area (Å²) >= 11 is 3.22. The Hall–Kier alpha value is -1.62. The van der Waals surface area contributed by atoms with Crippen molar-refractivity contribution in [3.05, 3.63) is 56.7 Å². The Morgan fingerprint density at radius 1 is 1.44 bits per heavy atom. The van der Waals surface area contributed by atoms with Crippen molar-refractivity contribution in [2.75, 3.05) is 7.11 Å². The number of methoxy groups -OCH3 is 1. The maximum Gasteiger partial charge on any atom is 0.265 e. The van der Waals surface area contributed by atoms with E-state index in [0.717, 1.165) is 17.1 Å². The maximum atomic E-state index is 11.9. The molecule has 0 atom stereocenters. The molecule has 2 aromatic rings. The van der Waals surface area contributed by atoms with Gasteiger partial charge in [-0.2, -0.15) is 0 Å². The number of hydrogen-bond donors (Lipinski definition) is 0. The summed E-state index contributed by atoms with van der Waals surface area (Å²) in [5.41, 5.74) is 1.60. The summed E-state index contributed by atoms with van der Waals surface area (Å²) in [6.07, 6.45) is 1.74. The zero-order valence-corrected chi connectivity index (χ0v) is 11.8. The topological polar surface area (TPSA) is 44.1 Å². The summed E-state index contributed by atoms with van der Waals surface area (Å²) in [7, 11) is 1.61. The summed E-state index contributed by atoms with van der Waals surface area (Å²) in [5.74, 6) is 0.751. The van der Waals surface area contributed by atoms with Gasteiger partial charge in [0, 0.05) is 24.0 Å². The molecule has 0 unspecified atom stereocenters. The number of ether oxygens (including phenoxy) is 1. The Bertz CT molecular complexity index is 623. The van der Waals surface area contributed by atoms with Gasteiger partial charge in [0.2, 0.25) is 0 Å². The zero-order chi connectivity index (χ0) is 13.1. The molecule has 18 heavy (non-hydrogen) atoms. The molecular weight excluding hydrogens is 296 g/mol. The van der Waals surface area contributed by atoms with Crippen LogP contribution in [-0.4, -0.2) is 16.7 Å². The summed E-state index contributed by atoms with van der Waals surface area (Å²) in [5, 5.41) is 0. The number of pyridine rings is 2. The number of aryl methyl sites for hydroxylation is 1. The minimum Gasteiger partial charge on any atom is -0.497 e. The van der Waals surface area contributed by atoms with E-state index in [9.17, 15) is 4.79 Å². The minimum atomic E-state index is -0.0697. The van der Waals surface area contributed by atoms with Crippen molar-refractivity contribution in [3.8, 4) is 5.75 Å². The van der Waals surface area contributed by atoms with Crippen LogP contribution in [0.25, 0.3) is 0 Å². The van der Waals surface area contributed by atoms with E-state index in [1.165, 1.54) is 0 Å². The zero-order valence-electron chi connectivity index (χ0n) is 10.2. The Morgan fingerprint density at radius 3 is 2.94 bits per heavy atom. The van der Waals surface area contributed by atoms with Crippen molar-refractivity contribution >= 4 is 15.9 Å². The lowest BCUT2D eigenvalue weighted by atomic mass is 10.3. The van der Waals surface area contributed by atoms with Crippen molar-refractivity contribution in [1.82, 2.24) is 9.55 Å². The highest BCUT2D eigenvalue weighted by molar-refractivity contribution is 9.10. The van der Waals surface area contributed by atoms with Gasteiger partial charge in [0.25, 0.3) is 5.56 Å². The molecule has 0 spiro atoms. The Kier molecular flexibility index (Phi) is 3.81. The van der Waals surface area contributed by atoms with Gasteiger partial charge >= 0.3 is 0 Å². The fourth-order valence-corrected chi connectivity index (χ4v) is 2.09. The lowest BCUT2D eigenvalue weighted by Gasteiger charge is -2.08. The lowest BCUT2D eigenvalue weighted by Crippen LogP contribution is -2.20. The summed E-state index contributed by atoms with van der Waals surface area (Å²) in [6.45, 7) is 2.33. The van der Waals surface area contributed by atoms with Crippen LogP contribution in [0.2, 0.25) is 0 Å². The van der Waals surface area contributed by atoms with Gasteiger partial charge in [-0.3, -0.25) is 9.78 Å². The third kappa shape index (κ3) is 2.79. The van der Waals surface area contributed by atoms with Gasteiger partial charge in [0.15, 0.2) is 0 Å². The first-order valence-corrected chi connectivity index (χ1v) is 6.26. The quantitative estimate of drug-likeness (QED) is 0.874. The Morgan fingerprint density at radius 2 is 2.22 bits per heavy atom. The van der Waals surface area contributed by atoms with Gasteiger partial charge in [-0.25, -0.2) is 0 Å². The molecule has 0 aliphatic carbocycles. The second-order valence-electron chi connectivity index (χ2n) is 3.93. The highest BCUT2D eigenvalue weighted by Gasteiger charge is 2.04. The summed E-state index contributed by atoms with van der Waals surface area (Å²) in [4.78, 5) is 16.3. The first-order valence-electron chi connectivity index (χ1n) is 5.46. The molecule has 0 amide bonds. The van der Waals surface area contributed by atoms with E-state index in [0.29, 0.717) is 11.0 Å². The molecule has 2 heterocycles. The standard InChI is InChI=1S/C13H13BrN2O2/c1-9-6-11(18-2)7-10(15-9)8-16-5-3-4-12(14)13(16)17/h3-7H,8H2,1-2H3. The average Bonchev–Trinajstić information content (AvgIpc) is 2.34. The monoisotopic (exact) mass is 308 g/mol. The van der Waals surface area contributed by atoms with Gasteiger partial charge in [-0.05, 0) is 35.0 Å². The number of aromatic nitrogens is 2. The number of rotatable bonds is 3. The molecule has 0 radical (unpaired) electrons. The van der Waals surface area contributed by atoms with E-state index in [-0.39, 0.29) is 5.56 Å². The van der Waals surface area contributed by atoms with Gasteiger partial charge in [0.05, 0.1) is 23.8 Å². The van der Waals surface area contributed by atoms with Crippen LogP contribution >= 0.6 is 15.9 Å². The van der Waals surface area contributed by atoms with E-state index in [4.69, 9.17) is 4.74 Å².